The van der Waals surface area contributed by atoms with Gasteiger partial charge in [0.15, 0.2) is 0 Å². The van der Waals surface area contributed by atoms with Gasteiger partial charge in [0.25, 0.3) is 0 Å². The maximum Gasteiger partial charge on any atom is 0.0597 e. The molecule has 0 aromatic heterocycles. The molecule has 0 N–H and O–H groups in total. The van der Waals surface area contributed by atoms with E-state index in [2.05, 4.69) is 62.6 Å². The fourth-order valence-electron chi connectivity index (χ4n) is 4.05. The van der Waals surface area contributed by atoms with Crippen LogP contribution in [0.25, 0.3) is 5.57 Å². The summed E-state index contributed by atoms with van der Waals surface area (Å²) in [6.45, 7) is 11.2. The first-order chi connectivity index (χ1) is 14.1. The second kappa shape index (κ2) is 11.4. The summed E-state index contributed by atoms with van der Waals surface area (Å²) in [5.74, 6) is 0.748. The Hall–Kier alpha value is -1.80. The Labute approximate surface area is 181 Å². The number of aliphatic imine (C=N–C) groups is 1. The van der Waals surface area contributed by atoms with Gasteiger partial charge in [-0.15, -0.1) is 0 Å². The average Bonchev–Trinajstić information content (AvgIpc) is 3.00. The van der Waals surface area contributed by atoms with E-state index in [-0.39, 0.29) is 0 Å². The Kier molecular flexibility index (Phi) is 8.61. The highest BCUT2D eigenvalue weighted by Gasteiger charge is 2.17. The van der Waals surface area contributed by atoms with Crippen LogP contribution in [0.5, 0.6) is 0 Å². The minimum atomic E-state index is 0.704. The van der Waals surface area contributed by atoms with Crippen LogP contribution in [-0.2, 0) is 0 Å². The molecule has 0 radical (unpaired) electrons. The molecule has 2 aliphatic rings. The summed E-state index contributed by atoms with van der Waals surface area (Å²) in [6, 6.07) is 8.86. The van der Waals surface area contributed by atoms with Crippen LogP contribution in [-0.4, -0.2) is 12.3 Å². The molecule has 0 bridgehead atoms. The van der Waals surface area contributed by atoms with Crippen LogP contribution >= 0.6 is 11.8 Å². The van der Waals surface area contributed by atoms with Crippen LogP contribution in [0.2, 0.25) is 0 Å². The Morgan fingerprint density at radius 1 is 1.03 bits per heavy atom. The second-order valence-electron chi connectivity index (χ2n) is 8.47. The van der Waals surface area contributed by atoms with Gasteiger partial charge in [-0.3, -0.25) is 4.99 Å². The molecule has 0 aliphatic heterocycles. The third-order valence-electron chi connectivity index (χ3n) is 5.74. The molecule has 0 spiro atoms. The number of nitrogens with zero attached hydrogens (tertiary/aromatic N) is 1. The van der Waals surface area contributed by atoms with Crippen LogP contribution in [0.4, 0.5) is 0 Å². The van der Waals surface area contributed by atoms with Crippen molar-refractivity contribution in [2.75, 3.05) is 6.54 Å². The zero-order valence-corrected chi connectivity index (χ0v) is 18.8. The Morgan fingerprint density at radius 2 is 1.76 bits per heavy atom. The predicted molar refractivity (Wildman–Crippen MR) is 131 cm³/mol. The highest BCUT2D eigenvalue weighted by atomic mass is 32.2. The fourth-order valence-corrected chi connectivity index (χ4v) is 4.96. The van der Waals surface area contributed by atoms with Gasteiger partial charge in [0.2, 0.25) is 0 Å². The summed E-state index contributed by atoms with van der Waals surface area (Å²) in [5.41, 5.74) is 4.57. The summed E-state index contributed by atoms with van der Waals surface area (Å²) >= 11 is 1.84. The first-order valence-corrected chi connectivity index (χ1v) is 12.0. The summed E-state index contributed by atoms with van der Waals surface area (Å²) in [4.78, 5) is 7.56. The third kappa shape index (κ3) is 7.19. The molecule has 1 nitrogen and oxygen atoms in total. The monoisotopic (exact) mass is 405 g/mol. The highest BCUT2D eigenvalue weighted by Crippen LogP contribution is 2.32. The molecule has 3 rings (SSSR count). The van der Waals surface area contributed by atoms with Gasteiger partial charge in [0.1, 0.15) is 0 Å². The molecule has 154 valence electrons. The lowest BCUT2D eigenvalue weighted by Gasteiger charge is -2.18. The quantitative estimate of drug-likeness (QED) is 0.240. The van der Waals surface area contributed by atoms with E-state index in [1.165, 1.54) is 59.6 Å². The third-order valence-corrected chi connectivity index (χ3v) is 6.79. The van der Waals surface area contributed by atoms with Crippen molar-refractivity contribution in [2.45, 2.75) is 69.6 Å². The van der Waals surface area contributed by atoms with Crippen LogP contribution in [0, 0.1) is 5.92 Å². The molecular weight excluding hydrogens is 370 g/mol. The molecular formula is C27H35NS. The van der Waals surface area contributed by atoms with Crippen LogP contribution in [0.3, 0.4) is 0 Å². The molecule has 0 saturated heterocycles. The highest BCUT2D eigenvalue weighted by molar-refractivity contribution is 8.03. The Balaban J connectivity index is 1.70. The number of hydrogen-bond donors (Lipinski definition) is 0. The molecule has 0 unspecified atom stereocenters. The molecule has 1 aromatic carbocycles. The van der Waals surface area contributed by atoms with Crippen molar-refractivity contribution in [3.8, 4) is 0 Å². The summed E-state index contributed by atoms with van der Waals surface area (Å²) in [7, 11) is 0. The molecule has 0 heterocycles. The van der Waals surface area contributed by atoms with E-state index in [9.17, 15) is 0 Å². The van der Waals surface area contributed by atoms with Crippen LogP contribution < -0.4 is 0 Å². The summed E-state index contributed by atoms with van der Waals surface area (Å²) in [6.07, 6.45) is 18.4. The number of benzene rings is 1. The normalized spacial score (nSPS) is 18.2. The van der Waals surface area contributed by atoms with Gasteiger partial charge in [-0.05, 0) is 55.4 Å². The second-order valence-corrected chi connectivity index (χ2v) is 9.62. The van der Waals surface area contributed by atoms with Gasteiger partial charge in [-0.25, -0.2) is 0 Å². The molecule has 2 aliphatic carbocycles. The number of hydrogen-bond acceptors (Lipinski definition) is 2. The van der Waals surface area contributed by atoms with Gasteiger partial charge in [-0.2, -0.15) is 0 Å². The van der Waals surface area contributed by atoms with Gasteiger partial charge >= 0.3 is 0 Å². The summed E-state index contributed by atoms with van der Waals surface area (Å²) in [5, 5.41) is 0. The van der Waals surface area contributed by atoms with Crippen LogP contribution in [0.1, 0.15) is 70.3 Å². The minimum absolute atomic E-state index is 0.704. The lowest BCUT2D eigenvalue weighted by atomic mass is 9.89. The van der Waals surface area contributed by atoms with E-state index in [4.69, 9.17) is 4.99 Å². The average molecular weight is 406 g/mol. The van der Waals surface area contributed by atoms with E-state index in [1.54, 1.807) is 0 Å². The van der Waals surface area contributed by atoms with Gasteiger partial charge in [-0.1, -0.05) is 99.4 Å². The maximum atomic E-state index is 4.93. The molecule has 0 amide bonds. The first-order valence-electron chi connectivity index (χ1n) is 11.1. The van der Waals surface area contributed by atoms with Gasteiger partial charge in [0.05, 0.1) is 6.54 Å². The Morgan fingerprint density at radius 3 is 2.38 bits per heavy atom. The number of allylic oxidation sites excluding steroid dienone is 4. The van der Waals surface area contributed by atoms with Crippen molar-refractivity contribution in [1.82, 2.24) is 0 Å². The van der Waals surface area contributed by atoms with Crippen molar-refractivity contribution in [2.24, 2.45) is 10.9 Å². The predicted octanol–water partition coefficient (Wildman–Crippen LogP) is 8.40. The summed E-state index contributed by atoms with van der Waals surface area (Å²) < 4.78 is 0. The van der Waals surface area contributed by atoms with E-state index >= 15 is 0 Å². The zero-order valence-electron chi connectivity index (χ0n) is 18.0. The lowest BCUT2D eigenvalue weighted by Crippen LogP contribution is -2.11. The van der Waals surface area contributed by atoms with E-state index in [0.29, 0.717) is 6.54 Å². The smallest absolute Gasteiger partial charge is 0.0597 e. The number of rotatable bonds is 8. The van der Waals surface area contributed by atoms with Crippen molar-refractivity contribution >= 4 is 23.0 Å². The van der Waals surface area contributed by atoms with Crippen molar-refractivity contribution in [3.05, 3.63) is 71.7 Å². The van der Waals surface area contributed by atoms with E-state index in [1.807, 2.05) is 11.8 Å². The molecule has 1 saturated carbocycles. The fraction of sp³-hybridized carbons (Fsp3) is 0.444. The number of thioether (sulfide) groups is 1. The minimum Gasteiger partial charge on any atom is -0.285 e. The lowest BCUT2D eigenvalue weighted by molar-refractivity contribution is 0.477. The largest absolute Gasteiger partial charge is 0.285 e. The van der Waals surface area contributed by atoms with E-state index < -0.39 is 0 Å². The molecule has 0 atom stereocenters. The SMILES string of the molecule is C=C(C)CN=C(CC1CCCCCC1)C(=C)c1ccc(SC2=CCCC=C2)cc1. The standard InChI is InChI=1S/C27H35NS/c1-21(2)20-28-27(19-23-11-7-4-5-8-12-23)22(3)24-15-17-26(18-16-24)29-25-13-9-6-10-14-25/h9,13-18,23H,1,3-8,10-12,19-20H2,2H3. The van der Waals surface area contributed by atoms with Crippen LogP contribution in [0.15, 0.2) is 76.0 Å². The van der Waals surface area contributed by atoms with Gasteiger partial charge in [0, 0.05) is 15.5 Å². The topological polar surface area (TPSA) is 12.4 Å². The molecule has 1 aromatic rings. The van der Waals surface area contributed by atoms with E-state index in [0.717, 1.165) is 36.3 Å². The van der Waals surface area contributed by atoms with Crippen molar-refractivity contribution in [3.63, 3.8) is 0 Å². The Bertz CT molecular complexity index is 786. The zero-order chi connectivity index (χ0) is 20.5. The van der Waals surface area contributed by atoms with Crippen molar-refractivity contribution < 1.29 is 0 Å². The molecule has 1 fully saturated rings. The molecule has 2 heteroatoms. The molecule has 29 heavy (non-hydrogen) atoms. The van der Waals surface area contributed by atoms with Gasteiger partial charge < -0.3 is 0 Å². The maximum absolute atomic E-state index is 4.93. The van der Waals surface area contributed by atoms with Crippen molar-refractivity contribution in [1.29, 1.82) is 0 Å². The first kappa shape index (κ1) is 21.9.